The highest BCUT2D eigenvalue weighted by atomic mass is 31.2. The number of nitrogens with zero attached hydrogens (tertiary/aromatic N) is 2. The van der Waals surface area contributed by atoms with Crippen LogP contribution in [0.25, 0.3) is 0 Å². The Morgan fingerprint density at radius 2 is 2.08 bits per heavy atom. The SMILES string of the molecule is CP(C)(=O)c1n[nH]nc1C(=O)O. The minimum atomic E-state index is -2.65. The first-order valence-electron chi connectivity index (χ1n) is 3.12. The maximum atomic E-state index is 11.4. The Morgan fingerprint density at radius 1 is 1.50 bits per heavy atom. The number of hydrogen-bond donors (Lipinski definition) is 2. The summed E-state index contributed by atoms with van der Waals surface area (Å²) in [5.74, 6) is -1.22. The van der Waals surface area contributed by atoms with Crippen LogP contribution in [-0.2, 0) is 4.57 Å². The summed E-state index contributed by atoms with van der Waals surface area (Å²) in [7, 11) is -2.65. The van der Waals surface area contributed by atoms with E-state index in [1.807, 2.05) is 0 Å². The van der Waals surface area contributed by atoms with Gasteiger partial charge in [-0.2, -0.15) is 10.3 Å². The minimum absolute atomic E-state index is 0.0370. The van der Waals surface area contributed by atoms with Crippen LogP contribution in [0.4, 0.5) is 0 Å². The van der Waals surface area contributed by atoms with Crippen LogP contribution in [0.3, 0.4) is 0 Å². The van der Waals surface area contributed by atoms with Crippen LogP contribution in [0.2, 0.25) is 0 Å². The molecule has 0 saturated heterocycles. The van der Waals surface area contributed by atoms with Gasteiger partial charge in [0.25, 0.3) is 0 Å². The molecule has 12 heavy (non-hydrogen) atoms. The van der Waals surface area contributed by atoms with Gasteiger partial charge in [0, 0.05) is 0 Å². The van der Waals surface area contributed by atoms with Crippen LogP contribution in [0.15, 0.2) is 0 Å². The normalized spacial score (nSPS) is 11.5. The molecule has 0 amide bonds. The third kappa shape index (κ3) is 1.53. The fourth-order valence-electron chi connectivity index (χ4n) is 0.744. The summed E-state index contributed by atoms with van der Waals surface area (Å²) < 4.78 is 11.4. The number of carboxylic acids is 1. The van der Waals surface area contributed by atoms with Crippen molar-refractivity contribution in [2.24, 2.45) is 0 Å². The van der Waals surface area contributed by atoms with Crippen molar-refractivity contribution in [1.82, 2.24) is 15.4 Å². The van der Waals surface area contributed by atoms with Crippen molar-refractivity contribution in [1.29, 1.82) is 0 Å². The molecule has 6 nitrogen and oxygen atoms in total. The van der Waals surface area contributed by atoms with Crippen LogP contribution < -0.4 is 5.44 Å². The highest BCUT2D eigenvalue weighted by molar-refractivity contribution is 7.70. The maximum absolute atomic E-state index is 11.4. The van der Waals surface area contributed by atoms with Crippen molar-refractivity contribution in [3.05, 3.63) is 5.69 Å². The smallest absolute Gasteiger partial charge is 0.358 e. The molecular weight excluding hydrogens is 181 g/mol. The van der Waals surface area contributed by atoms with Crippen LogP contribution in [0, 0.1) is 0 Å². The van der Waals surface area contributed by atoms with Gasteiger partial charge in [0.2, 0.25) is 5.69 Å². The van der Waals surface area contributed by atoms with Gasteiger partial charge in [0.1, 0.15) is 7.14 Å². The summed E-state index contributed by atoms with van der Waals surface area (Å²) >= 11 is 0. The molecule has 0 aromatic carbocycles. The highest BCUT2D eigenvalue weighted by Crippen LogP contribution is 2.34. The van der Waals surface area contributed by atoms with Crippen molar-refractivity contribution in [2.45, 2.75) is 0 Å². The number of carboxylic acid groups (broad SMARTS) is 1. The van der Waals surface area contributed by atoms with Crippen molar-refractivity contribution in [3.63, 3.8) is 0 Å². The Balaban J connectivity index is 3.26. The molecule has 0 spiro atoms. The predicted molar refractivity (Wildman–Crippen MR) is 42.4 cm³/mol. The third-order valence-corrected chi connectivity index (χ3v) is 2.57. The van der Waals surface area contributed by atoms with Crippen molar-refractivity contribution >= 4 is 18.5 Å². The average Bonchev–Trinajstić information content (AvgIpc) is 2.30. The summed E-state index contributed by atoms with van der Waals surface area (Å²) in [4.78, 5) is 10.5. The minimum Gasteiger partial charge on any atom is -0.476 e. The van der Waals surface area contributed by atoms with E-state index in [4.69, 9.17) is 5.11 Å². The summed E-state index contributed by atoms with van der Waals surface area (Å²) in [6.07, 6.45) is 0. The lowest BCUT2D eigenvalue weighted by Crippen LogP contribution is -2.15. The van der Waals surface area contributed by atoms with Gasteiger partial charge in [0.15, 0.2) is 5.44 Å². The first-order chi connectivity index (χ1) is 5.43. The molecule has 0 aliphatic rings. The molecule has 0 unspecified atom stereocenters. The summed E-state index contributed by atoms with van der Waals surface area (Å²) in [5.41, 5.74) is -0.224. The molecule has 0 aliphatic heterocycles. The molecule has 0 radical (unpaired) electrons. The van der Waals surface area contributed by atoms with E-state index in [9.17, 15) is 9.36 Å². The fraction of sp³-hybridized carbons (Fsp3) is 0.400. The molecule has 1 aromatic rings. The van der Waals surface area contributed by atoms with Gasteiger partial charge < -0.3 is 9.67 Å². The van der Waals surface area contributed by atoms with E-state index in [1.54, 1.807) is 0 Å². The lowest BCUT2D eigenvalue weighted by atomic mass is 10.5. The number of aromatic amines is 1. The second kappa shape index (κ2) is 2.71. The third-order valence-electron chi connectivity index (χ3n) is 1.24. The Labute approximate surface area is 68.4 Å². The van der Waals surface area contributed by atoms with E-state index in [-0.39, 0.29) is 11.1 Å². The number of rotatable bonds is 2. The molecule has 7 heteroatoms. The summed E-state index contributed by atoms with van der Waals surface area (Å²) in [6, 6.07) is 0. The molecule has 0 atom stereocenters. The number of hydrogen-bond acceptors (Lipinski definition) is 4. The van der Waals surface area contributed by atoms with E-state index >= 15 is 0 Å². The maximum Gasteiger partial charge on any atom is 0.358 e. The molecule has 2 N–H and O–H groups in total. The number of aromatic nitrogens is 3. The van der Waals surface area contributed by atoms with Crippen LogP contribution in [0.5, 0.6) is 0 Å². The van der Waals surface area contributed by atoms with Crippen LogP contribution in [0.1, 0.15) is 10.5 Å². The number of aromatic carboxylic acids is 1. The van der Waals surface area contributed by atoms with E-state index < -0.39 is 13.1 Å². The molecule has 0 aliphatic carbocycles. The second-order valence-corrected chi connectivity index (χ2v) is 5.78. The molecule has 0 fully saturated rings. The monoisotopic (exact) mass is 189 g/mol. The van der Waals surface area contributed by atoms with E-state index in [2.05, 4.69) is 15.4 Å². The molecule has 1 aromatic heterocycles. The Hall–Kier alpha value is -1.16. The van der Waals surface area contributed by atoms with Gasteiger partial charge in [-0.3, -0.25) is 0 Å². The lowest BCUT2D eigenvalue weighted by Gasteiger charge is -2.00. The van der Waals surface area contributed by atoms with Gasteiger partial charge in [-0.1, -0.05) is 0 Å². The van der Waals surface area contributed by atoms with Gasteiger partial charge >= 0.3 is 5.97 Å². The first kappa shape index (κ1) is 8.93. The van der Waals surface area contributed by atoms with Crippen molar-refractivity contribution < 1.29 is 14.5 Å². The largest absolute Gasteiger partial charge is 0.476 e. The lowest BCUT2D eigenvalue weighted by molar-refractivity contribution is 0.0692. The zero-order valence-electron chi connectivity index (χ0n) is 6.61. The van der Waals surface area contributed by atoms with Crippen LogP contribution in [-0.4, -0.2) is 39.8 Å². The van der Waals surface area contributed by atoms with E-state index in [0.717, 1.165) is 0 Å². The molecular formula is C5H8N3O3P. The second-order valence-electron chi connectivity index (χ2n) is 2.65. The number of carbonyl (C=O) groups is 1. The van der Waals surface area contributed by atoms with Crippen LogP contribution >= 0.6 is 7.14 Å². The standard InChI is InChI=1S/C5H8N3O3P/c1-12(2,11)4-3(5(9)10)6-8-7-4/h1-2H3,(H,9,10)(H,6,7,8). The quantitative estimate of drug-likeness (QED) is 0.625. The summed E-state index contributed by atoms with van der Waals surface area (Å²) in [5, 5.41) is 17.6. The average molecular weight is 189 g/mol. The Bertz CT molecular complexity index is 353. The van der Waals surface area contributed by atoms with Gasteiger partial charge in [-0.15, -0.1) is 5.10 Å². The molecule has 66 valence electrons. The van der Waals surface area contributed by atoms with Crippen molar-refractivity contribution in [2.75, 3.05) is 13.3 Å². The van der Waals surface area contributed by atoms with Gasteiger partial charge in [-0.05, 0) is 13.3 Å². The number of H-pyrrole nitrogens is 1. The molecule has 0 bridgehead atoms. The topological polar surface area (TPSA) is 95.9 Å². The van der Waals surface area contributed by atoms with Crippen molar-refractivity contribution in [3.8, 4) is 0 Å². The van der Waals surface area contributed by atoms with Gasteiger partial charge in [0.05, 0.1) is 0 Å². The Morgan fingerprint density at radius 3 is 2.42 bits per heavy atom. The van der Waals surface area contributed by atoms with Gasteiger partial charge in [-0.25, -0.2) is 4.79 Å². The zero-order chi connectivity index (χ0) is 9.35. The zero-order valence-corrected chi connectivity index (χ0v) is 7.50. The first-order valence-corrected chi connectivity index (χ1v) is 5.72. The number of nitrogens with one attached hydrogen (secondary N) is 1. The molecule has 1 rings (SSSR count). The predicted octanol–water partition coefficient (Wildman–Crippen LogP) is -0.249. The van der Waals surface area contributed by atoms with E-state index in [1.165, 1.54) is 13.3 Å². The Kier molecular flexibility index (Phi) is 2.02. The van der Waals surface area contributed by atoms with E-state index in [0.29, 0.717) is 0 Å². The molecule has 0 saturated carbocycles. The summed E-state index contributed by atoms with van der Waals surface area (Å²) in [6.45, 7) is 2.88. The fourth-order valence-corrected chi connectivity index (χ4v) is 1.69. The highest BCUT2D eigenvalue weighted by Gasteiger charge is 2.24. The molecule has 1 heterocycles.